The van der Waals surface area contributed by atoms with E-state index in [2.05, 4.69) is 10.6 Å². The third kappa shape index (κ3) is 3.65. The molecule has 28 heavy (non-hydrogen) atoms. The molecule has 1 aliphatic heterocycles. The summed E-state index contributed by atoms with van der Waals surface area (Å²) >= 11 is 0. The number of hydrogen-bond acceptors (Lipinski definition) is 4. The Hall–Kier alpha value is -3.09. The van der Waals surface area contributed by atoms with Gasteiger partial charge in [0.15, 0.2) is 11.5 Å². The Morgan fingerprint density at radius 1 is 1.18 bits per heavy atom. The van der Waals surface area contributed by atoms with Gasteiger partial charge >= 0.3 is 0 Å². The van der Waals surface area contributed by atoms with Crippen molar-refractivity contribution in [1.82, 2.24) is 5.32 Å². The maximum Gasteiger partial charge on any atom is 0.226 e. The van der Waals surface area contributed by atoms with Crippen molar-refractivity contribution in [3.05, 3.63) is 53.8 Å². The highest BCUT2D eigenvalue weighted by molar-refractivity contribution is 5.95. The number of benzene rings is 2. The van der Waals surface area contributed by atoms with E-state index in [1.807, 2.05) is 24.3 Å². The third-order valence-electron chi connectivity index (χ3n) is 5.20. The summed E-state index contributed by atoms with van der Waals surface area (Å²) in [6.45, 7) is 0. The van der Waals surface area contributed by atoms with Crippen LogP contribution in [-0.4, -0.2) is 25.0 Å². The number of hydrogen-bond donors (Lipinski definition) is 2. The van der Waals surface area contributed by atoms with Crippen molar-refractivity contribution in [2.45, 2.75) is 31.4 Å². The van der Waals surface area contributed by atoms with Gasteiger partial charge in [0, 0.05) is 17.7 Å². The van der Waals surface area contributed by atoms with E-state index in [0.717, 1.165) is 11.3 Å². The summed E-state index contributed by atoms with van der Waals surface area (Å²) in [5, 5.41) is 5.80. The van der Waals surface area contributed by atoms with E-state index in [0.29, 0.717) is 24.3 Å². The molecule has 0 bridgehead atoms. The quantitative estimate of drug-likeness (QED) is 0.830. The minimum absolute atomic E-state index is 0.0967. The summed E-state index contributed by atoms with van der Waals surface area (Å²) in [6, 6.07) is 11.2. The van der Waals surface area contributed by atoms with Crippen molar-refractivity contribution < 1.29 is 23.5 Å². The summed E-state index contributed by atoms with van der Waals surface area (Å²) in [5.41, 5.74) is 1.64. The molecule has 1 unspecified atom stereocenters. The number of carbonyl (C=O) groups excluding carboxylic acids is 2. The molecule has 2 aromatic rings. The predicted octanol–water partition coefficient (Wildman–Crippen LogP) is 3.19. The molecule has 1 aliphatic carbocycles. The van der Waals surface area contributed by atoms with Crippen LogP contribution in [-0.2, 0) is 9.59 Å². The summed E-state index contributed by atoms with van der Waals surface area (Å²) in [6.07, 6.45) is 1.11. The van der Waals surface area contributed by atoms with Gasteiger partial charge in [-0.1, -0.05) is 18.2 Å². The van der Waals surface area contributed by atoms with Gasteiger partial charge in [-0.05, 0) is 36.6 Å². The van der Waals surface area contributed by atoms with Crippen LogP contribution in [0.4, 0.5) is 10.1 Å². The zero-order chi connectivity index (χ0) is 19.7. The van der Waals surface area contributed by atoms with Crippen molar-refractivity contribution in [1.29, 1.82) is 0 Å². The third-order valence-corrected chi connectivity index (χ3v) is 5.20. The van der Waals surface area contributed by atoms with E-state index in [9.17, 15) is 14.0 Å². The molecule has 4 rings (SSSR count). The van der Waals surface area contributed by atoms with Gasteiger partial charge in [0.25, 0.3) is 0 Å². The molecule has 1 atom stereocenters. The number of fused-ring (bicyclic) bond motifs is 1. The molecule has 1 fully saturated rings. The topological polar surface area (TPSA) is 76.7 Å². The molecular weight excluding hydrogens is 363 g/mol. The fraction of sp³-hybridized carbons (Fsp3) is 0.333. The van der Waals surface area contributed by atoms with Gasteiger partial charge in [0.05, 0.1) is 19.6 Å². The van der Waals surface area contributed by atoms with E-state index in [1.165, 1.54) is 25.3 Å². The summed E-state index contributed by atoms with van der Waals surface area (Å²) in [4.78, 5) is 24.5. The Kier molecular flexibility index (Phi) is 4.90. The number of halogens is 1. The van der Waals surface area contributed by atoms with Crippen LogP contribution >= 0.6 is 0 Å². The van der Waals surface area contributed by atoms with Gasteiger partial charge in [0.1, 0.15) is 11.9 Å². The Morgan fingerprint density at radius 2 is 1.96 bits per heavy atom. The first-order valence-corrected chi connectivity index (χ1v) is 9.23. The Morgan fingerprint density at radius 3 is 2.75 bits per heavy atom. The van der Waals surface area contributed by atoms with Crippen LogP contribution in [0.25, 0.3) is 0 Å². The second-order valence-corrected chi connectivity index (χ2v) is 7.10. The molecule has 0 radical (unpaired) electrons. The van der Waals surface area contributed by atoms with Gasteiger partial charge in [-0.15, -0.1) is 0 Å². The summed E-state index contributed by atoms with van der Waals surface area (Å²) in [7, 11) is 1.50. The minimum atomic E-state index is -0.404. The van der Waals surface area contributed by atoms with E-state index in [-0.39, 0.29) is 36.3 Å². The van der Waals surface area contributed by atoms with Gasteiger partial charge in [-0.25, -0.2) is 4.39 Å². The molecule has 0 spiro atoms. The number of para-hydroxylation sites is 1. The van der Waals surface area contributed by atoms with Gasteiger partial charge in [-0.3, -0.25) is 9.59 Å². The number of ether oxygens (including phenoxy) is 2. The monoisotopic (exact) mass is 384 g/mol. The Labute approximate surface area is 162 Å². The predicted molar refractivity (Wildman–Crippen MR) is 101 cm³/mol. The molecule has 2 aliphatic rings. The van der Waals surface area contributed by atoms with Crippen LogP contribution in [0.3, 0.4) is 0 Å². The van der Waals surface area contributed by atoms with Gasteiger partial charge in [-0.2, -0.15) is 0 Å². The van der Waals surface area contributed by atoms with Crippen LogP contribution in [0.2, 0.25) is 0 Å². The number of methoxy groups -OCH3 is 1. The number of carbonyl (C=O) groups is 2. The van der Waals surface area contributed by atoms with Crippen LogP contribution in [0, 0.1) is 11.7 Å². The van der Waals surface area contributed by atoms with E-state index in [1.54, 1.807) is 0 Å². The normalized spacial score (nSPS) is 23.1. The highest BCUT2D eigenvalue weighted by Gasteiger charge is 2.38. The minimum Gasteiger partial charge on any atom is -0.493 e. The van der Waals surface area contributed by atoms with Crippen LogP contribution in [0.15, 0.2) is 42.5 Å². The Balaban J connectivity index is 1.35. The molecule has 1 saturated carbocycles. The smallest absolute Gasteiger partial charge is 0.226 e. The fourth-order valence-electron chi connectivity index (χ4n) is 3.63. The Bertz CT molecular complexity index is 911. The first-order valence-electron chi connectivity index (χ1n) is 9.23. The first kappa shape index (κ1) is 18.3. The second kappa shape index (κ2) is 7.50. The van der Waals surface area contributed by atoms with E-state index >= 15 is 0 Å². The maximum absolute atomic E-state index is 13.4. The van der Waals surface area contributed by atoms with Crippen molar-refractivity contribution in [3.63, 3.8) is 0 Å². The molecule has 1 heterocycles. The molecule has 0 aromatic heterocycles. The van der Waals surface area contributed by atoms with Gasteiger partial charge < -0.3 is 20.1 Å². The average molecular weight is 384 g/mol. The maximum atomic E-state index is 13.4. The average Bonchev–Trinajstić information content (AvgIpc) is 2.64. The summed E-state index contributed by atoms with van der Waals surface area (Å²) < 4.78 is 24.4. The SMILES string of the molecule is COc1ccc(F)cc1OC1CC(C(=O)NC2CC(=O)Nc3ccccc32)C1. The van der Waals surface area contributed by atoms with Crippen LogP contribution in [0.5, 0.6) is 11.5 Å². The lowest BCUT2D eigenvalue weighted by atomic mass is 9.81. The molecule has 2 amide bonds. The highest BCUT2D eigenvalue weighted by atomic mass is 19.1. The molecule has 6 nitrogen and oxygen atoms in total. The van der Waals surface area contributed by atoms with Crippen molar-refractivity contribution in [3.8, 4) is 11.5 Å². The molecule has 146 valence electrons. The summed E-state index contributed by atoms with van der Waals surface area (Å²) in [5.74, 6) is -0.0127. The van der Waals surface area contributed by atoms with Crippen LogP contribution in [0.1, 0.15) is 30.9 Å². The molecule has 0 saturated heterocycles. The number of amides is 2. The lowest BCUT2D eigenvalue weighted by molar-refractivity contribution is -0.131. The first-order chi connectivity index (χ1) is 13.5. The number of anilines is 1. The van der Waals surface area contributed by atoms with Crippen molar-refractivity contribution in [2.24, 2.45) is 5.92 Å². The highest BCUT2D eigenvalue weighted by Crippen LogP contribution is 2.37. The lowest BCUT2D eigenvalue weighted by Crippen LogP contribution is -2.45. The van der Waals surface area contributed by atoms with E-state index in [4.69, 9.17) is 9.47 Å². The lowest BCUT2D eigenvalue weighted by Gasteiger charge is -2.36. The fourth-order valence-corrected chi connectivity index (χ4v) is 3.63. The van der Waals surface area contributed by atoms with Gasteiger partial charge in [0.2, 0.25) is 11.8 Å². The van der Waals surface area contributed by atoms with E-state index < -0.39 is 5.82 Å². The molecule has 2 aromatic carbocycles. The largest absolute Gasteiger partial charge is 0.493 e. The standard InChI is InChI=1S/C21H21FN2O4/c1-27-18-7-6-13(22)10-19(18)28-14-8-12(9-14)21(26)24-17-11-20(25)23-16-5-3-2-4-15(16)17/h2-7,10,12,14,17H,8-9,11H2,1H3,(H,23,25)(H,24,26). The van der Waals surface area contributed by atoms with Crippen molar-refractivity contribution >= 4 is 17.5 Å². The molecule has 2 N–H and O–H groups in total. The number of rotatable bonds is 5. The van der Waals surface area contributed by atoms with Crippen molar-refractivity contribution in [2.75, 3.05) is 12.4 Å². The number of nitrogens with one attached hydrogen (secondary N) is 2. The molecule has 7 heteroatoms. The molecular formula is C21H21FN2O4. The zero-order valence-corrected chi connectivity index (χ0v) is 15.4. The van der Waals surface area contributed by atoms with Crippen LogP contribution < -0.4 is 20.1 Å². The second-order valence-electron chi connectivity index (χ2n) is 7.10. The zero-order valence-electron chi connectivity index (χ0n) is 15.4.